The van der Waals surface area contributed by atoms with Crippen molar-refractivity contribution in [3.05, 3.63) is 30.3 Å². The van der Waals surface area contributed by atoms with Gasteiger partial charge in [0.2, 0.25) is 0 Å². The molecule has 0 aliphatic carbocycles. The molecule has 108 valence electrons. The summed E-state index contributed by atoms with van der Waals surface area (Å²) in [5.74, 6) is 0.942. The van der Waals surface area contributed by atoms with E-state index in [2.05, 4.69) is 21.7 Å². The molecule has 0 unspecified atom stereocenters. The fourth-order valence-corrected chi connectivity index (χ4v) is 1.84. The van der Waals surface area contributed by atoms with Crippen LogP contribution in [0.4, 0.5) is 10.6 Å². The molecule has 0 bridgehead atoms. The number of fused-ring (bicyclic) bond motifs is 1. The van der Waals surface area contributed by atoms with Crippen LogP contribution in [0.25, 0.3) is 10.9 Å². The van der Waals surface area contributed by atoms with E-state index in [1.807, 2.05) is 45.0 Å². The number of nitrogens with one attached hydrogen (secondary N) is 3. The first-order valence-corrected chi connectivity index (χ1v) is 6.72. The van der Waals surface area contributed by atoms with Crippen LogP contribution >= 0.6 is 0 Å². The van der Waals surface area contributed by atoms with Crippen LogP contribution in [0.2, 0.25) is 0 Å². The number of amides is 1. The molecule has 1 aromatic carbocycles. The molecular weight excluding hydrogens is 254 g/mol. The van der Waals surface area contributed by atoms with Crippen molar-refractivity contribution in [3.8, 4) is 0 Å². The molecule has 1 aromatic heterocycles. The first-order valence-electron chi connectivity index (χ1n) is 6.72. The number of aromatic amines is 1. The fraction of sp³-hybridized carbons (Fsp3) is 0.400. The number of hydrogen-bond acceptors (Lipinski definition) is 3. The molecule has 0 aliphatic rings. The van der Waals surface area contributed by atoms with E-state index < -0.39 is 11.7 Å². The number of benzene rings is 1. The quantitative estimate of drug-likeness (QED) is 0.751. The minimum atomic E-state index is -0.464. The Hall–Kier alpha value is -2.17. The van der Waals surface area contributed by atoms with Gasteiger partial charge in [-0.25, -0.2) is 4.79 Å². The van der Waals surface area contributed by atoms with Gasteiger partial charge in [0.1, 0.15) is 11.4 Å². The van der Waals surface area contributed by atoms with E-state index in [9.17, 15) is 4.79 Å². The summed E-state index contributed by atoms with van der Waals surface area (Å²) in [5.41, 5.74) is 0.629. The van der Waals surface area contributed by atoms with Crippen molar-refractivity contribution in [1.82, 2.24) is 10.3 Å². The van der Waals surface area contributed by atoms with Crippen LogP contribution in [0.15, 0.2) is 30.3 Å². The van der Waals surface area contributed by atoms with Crippen molar-refractivity contribution >= 4 is 22.8 Å². The van der Waals surface area contributed by atoms with Gasteiger partial charge in [0.25, 0.3) is 0 Å². The van der Waals surface area contributed by atoms with E-state index in [0.29, 0.717) is 13.1 Å². The zero-order valence-electron chi connectivity index (χ0n) is 12.1. The summed E-state index contributed by atoms with van der Waals surface area (Å²) < 4.78 is 5.15. The lowest BCUT2D eigenvalue weighted by Crippen LogP contribution is -2.35. The number of para-hydroxylation sites is 1. The highest BCUT2D eigenvalue weighted by Crippen LogP contribution is 2.17. The Morgan fingerprint density at radius 3 is 2.70 bits per heavy atom. The van der Waals surface area contributed by atoms with Gasteiger partial charge >= 0.3 is 6.09 Å². The number of alkyl carbamates (subject to hydrolysis) is 1. The Bertz CT molecular complexity index is 551. The molecule has 1 heterocycles. The van der Waals surface area contributed by atoms with Gasteiger partial charge in [-0.15, -0.1) is 0 Å². The van der Waals surface area contributed by atoms with Crippen LogP contribution in [-0.4, -0.2) is 29.8 Å². The van der Waals surface area contributed by atoms with E-state index >= 15 is 0 Å². The summed E-state index contributed by atoms with van der Waals surface area (Å²) in [6.07, 6.45) is -0.393. The number of aromatic nitrogens is 1. The summed E-state index contributed by atoms with van der Waals surface area (Å²) in [6, 6.07) is 10.1. The summed E-state index contributed by atoms with van der Waals surface area (Å²) in [4.78, 5) is 14.7. The molecule has 0 saturated carbocycles. The molecule has 0 aliphatic heterocycles. The summed E-state index contributed by atoms with van der Waals surface area (Å²) in [7, 11) is 0. The van der Waals surface area contributed by atoms with Gasteiger partial charge in [-0.2, -0.15) is 0 Å². The van der Waals surface area contributed by atoms with E-state index in [-0.39, 0.29) is 0 Å². The Morgan fingerprint density at radius 2 is 2.00 bits per heavy atom. The predicted octanol–water partition coefficient (Wildman–Crippen LogP) is 3.10. The highest BCUT2D eigenvalue weighted by molar-refractivity contribution is 5.83. The Balaban J connectivity index is 1.74. The first-order chi connectivity index (χ1) is 9.44. The van der Waals surface area contributed by atoms with Crippen molar-refractivity contribution in [2.75, 3.05) is 18.4 Å². The van der Waals surface area contributed by atoms with E-state index in [1.54, 1.807) is 0 Å². The second-order valence-electron chi connectivity index (χ2n) is 5.63. The predicted molar refractivity (Wildman–Crippen MR) is 81.0 cm³/mol. The van der Waals surface area contributed by atoms with Gasteiger partial charge in [-0.05, 0) is 32.9 Å². The molecule has 2 rings (SSSR count). The molecule has 20 heavy (non-hydrogen) atoms. The largest absolute Gasteiger partial charge is 0.444 e. The van der Waals surface area contributed by atoms with Gasteiger partial charge in [-0.3, -0.25) is 0 Å². The van der Waals surface area contributed by atoms with Gasteiger partial charge in [-0.1, -0.05) is 18.2 Å². The second-order valence-corrected chi connectivity index (χ2v) is 5.63. The van der Waals surface area contributed by atoms with Gasteiger partial charge in [0.05, 0.1) is 0 Å². The van der Waals surface area contributed by atoms with Crippen molar-refractivity contribution in [3.63, 3.8) is 0 Å². The van der Waals surface area contributed by atoms with Gasteiger partial charge < -0.3 is 20.4 Å². The highest BCUT2D eigenvalue weighted by Gasteiger charge is 2.15. The third kappa shape index (κ3) is 4.19. The number of rotatable bonds is 4. The minimum absolute atomic E-state index is 0.393. The molecule has 0 saturated heterocycles. The number of carbonyl (C=O) groups is 1. The topological polar surface area (TPSA) is 66.2 Å². The molecule has 0 spiro atoms. The highest BCUT2D eigenvalue weighted by atomic mass is 16.6. The molecule has 0 radical (unpaired) electrons. The van der Waals surface area contributed by atoms with Crippen molar-refractivity contribution in [1.29, 1.82) is 0 Å². The van der Waals surface area contributed by atoms with Crippen molar-refractivity contribution < 1.29 is 9.53 Å². The number of carbonyl (C=O) groups excluding carboxylic acids is 1. The zero-order chi connectivity index (χ0) is 14.6. The SMILES string of the molecule is CC(C)(C)OC(=O)NCCNc1cc2ccccc2[nH]1. The van der Waals surface area contributed by atoms with Crippen LogP contribution in [0.1, 0.15) is 20.8 Å². The van der Waals surface area contributed by atoms with E-state index in [1.165, 1.54) is 0 Å². The van der Waals surface area contributed by atoms with Crippen LogP contribution in [-0.2, 0) is 4.74 Å². The first kappa shape index (κ1) is 14.2. The number of H-pyrrole nitrogens is 1. The molecule has 0 fully saturated rings. The number of ether oxygens (including phenoxy) is 1. The summed E-state index contributed by atoms with van der Waals surface area (Å²) >= 11 is 0. The third-order valence-electron chi connectivity index (χ3n) is 2.64. The third-order valence-corrected chi connectivity index (χ3v) is 2.64. The van der Waals surface area contributed by atoms with Crippen molar-refractivity contribution in [2.24, 2.45) is 0 Å². The lowest BCUT2D eigenvalue weighted by atomic mass is 10.2. The van der Waals surface area contributed by atoms with Crippen molar-refractivity contribution in [2.45, 2.75) is 26.4 Å². The maximum atomic E-state index is 11.4. The molecule has 1 amide bonds. The second kappa shape index (κ2) is 5.86. The number of anilines is 1. The average Bonchev–Trinajstić information content (AvgIpc) is 2.75. The van der Waals surface area contributed by atoms with Crippen LogP contribution in [0.3, 0.4) is 0 Å². The molecule has 0 atom stereocenters. The van der Waals surface area contributed by atoms with E-state index in [4.69, 9.17) is 4.74 Å². The lowest BCUT2D eigenvalue weighted by molar-refractivity contribution is 0.0530. The average molecular weight is 275 g/mol. The van der Waals surface area contributed by atoms with Crippen LogP contribution < -0.4 is 10.6 Å². The normalized spacial score (nSPS) is 11.3. The Morgan fingerprint density at radius 1 is 1.25 bits per heavy atom. The zero-order valence-corrected chi connectivity index (χ0v) is 12.1. The summed E-state index contributed by atoms with van der Waals surface area (Å²) in [6.45, 7) is 6.66. The molecule has 5 nitrogen and oxygen atoms in total. The van der Waals surface area contributed by atoms with Gasteiger partial charge in [0.15, 0.2) is 0 Å². The minimum Gasteiger partial charge on any atom is -0.444 e. The summed E-state index contributed by atoms with van der Waals surface area (Å²) in [5, 5.41) is 7.09. The van der Waals surface area contributed by atoms with Crippen LogP contribution in [0.5, 0.6) is 0 Å². The Labute approximate surface area is 118 Å². The standard InChI is InChI=1S/C15H21N3O2/c1-15(2,3)20-14(19)17-9-8-16-13-10-11-6-4-5-7-12(11)18-13/h4-7,10,16,18H,8-9H2,1-3H3,(H,17,19). The Kier molecular flexibility index (Phi) is 4.17. The molecular formula is C15H21N3O2. The molecule has 2 aromatic rings. The van der Waals surface area contributed by atoms with Gasteiger partial charge in [0, 0.05) is 24.0 Å². The maximum Gasteiger partial charge on any atom is 0.407 e. The molecule has 5 heteroatoms. The van der Waals surface area contributed by atoms with Crippen LogP contribution in [0, 0.1) is 0 Å². The molecule has 3 N–H and O–H groups in total. The maximum absolute atomic E-state index is 11.4. The lowest BCUT2D eigenvalue weighted by Gasteiger charge is -2.19. The smallest absolute Gasteiger partial charge is 0.407 e. The van der Waals surface area contributed by atoms with E-state index in [0.717, 1.165) is 16.7 Å². The number of hydrogen-bond donors (Lipinski definition) is 3. The fourth-order valence-electron chi connectivity index (χ4n) is 1.84. The monoisotopic (exact) mass is 275 g/mol.